The molecule has 6 rings (SSSR count). The normalized spacial score (nSPS) is 13.0. The highest BCUT2D eigenvalue weighted by Gasteiger charge is 2.22. The maximum Gasteiger partial charge on any atom is 0.282 e. The molecule has 40 heavy (non-hydrogen) atoms. The fourth-order valence-electron chi connectivity index (χ4n) is 4.83. The molecule has 4 heterocycles. The van der Waals surface area contributed by atoms with Gasteiger partial charge in [0.1, 0.15) is 29.1 Å². The summed E-state index contributed by atoms with van der Waals surface area (Å²) in [6.45, 7) is 3.76. The topological polar surface area (TPSA) is 162 Å². The molecule has 0 bridgehead atoms. The SMILES string of the molecule is Cc1ccn2nc([C@H](C)Nc3ncnc4[nH]cc(-c5cc(O)cc(NS(=O)O)c5)c34)n(-c3ccccc3)c(=O)c12. The van der Waals surface area contributed by atoms with Crippen molar-refractivity contribution in [2.24, 2.45) is 0 Å². The van der Waals surface area contributed by atoms with Crippen molar-refractivity contribution in [3.63, 3.8) is 0 Å². The van der Waals surface area contributed by atoms with Crippen LogP contribution in [0.4, 0.5) is 11.5 Å². The number of aromatic hydroxyl groups is 1. The molecule has 0 aliphatic rings. The van der Waals surface area contributed by atoms with Crippen LogP contribution in [0.2, 0.25) is 0 Å². The summed E-state index contributed by atoms with van der Waals surface area (Å²) in [5.41, 5.74) is 3.82. The van der Waals surface area contributed by atoms with Crippen LogP contribution in [0, 0.1) is 6.92 Å². The number of aromatic amines is 1. The number of hydrogen-bond acceptors (Lipinski definition) is 7. The van der Waals surface area contributed by atoms with E-state index in [1.54, 1.807) is 27.5 Å². The average molecular weight is 557 g/mol. The fraction of sp³-hybridized carbons (Fsp3) is 0.111. The number of para-hydroxylation sites is 1. The molecule has 2 aromatic carbocycles. The van der Waals surface area contributed by atoms with E-state index in [4.69, 9.17) is 5.10 Å². The Hall–Kier alpha value is -5.01. The lowest BCUT2D eigenvalue weighted by Gasteiger charge is -2.20. The molecular weight excluding hydrogens is 532 g/mol. The van der Waals surface area contributed by atoms with Gasteiger partial charge in [0.25, 0.3) is 16.8 Å². The van der Waals surface area contributed by atoms with E-state index in [2.05, 4.69) is 25.0 Å². The fourth-order valence-corrected chi connectivity index (χ4v) is 5.15. The molecule has 0 saturated carbocycles. The van der Waals surface area contributed by atoms with E-state index in [-0.39, 0.29) is 17.0 Å². The number of rotatable bonds is 7. The van der Waals surface area contributed by atoms with Gasteiger partial charge in [-0.3, -0.25) is 18.6 Å². The first-order valence-corrected chi connectivity index (χ1v) is 13.4. The molecule has 1 unspecified atom stereocenters. The van der Waals surface area contributed by atoms with E-state index in [0.717, 1.165) is 5.56 Å². The lowest BCUT2D eigenvalue weighted by Crippen LogP contribution is -2.29. The van der Waals surface area contributed by atoms with E-state index in [0.29, 0.717) is 45.0 Å². The molecule has 0 fully saturated rings. The first-order valence-electron chi connectivity index (χ1n) is 12.3. The predicted molar refractivity (Wildman–Crippen MR) is 153 cm³/mol. The first kappa shape index (κ1) is 25.3. The van der Waals surface area contributed by atoms with Crippen molar-refractivity contribution >= 4 is 39.3 Å². The maximum absolute atomic E-state index is 13.7. The third kappa shape index (κ3) is 4.46. The Morgan fingerprint density at radius 1 is 1.10 bits per heavy atom. The molecule has 13 heteroatoms. The first-order chi connectivity index (χ1) is 19.3. The predicted octanol–water partition coefficient (Wildman–Crippen LogP) is 4.16. The van der Waals surface area contributed by atoms with Gasteiger partial charge in [0, 0.05) is 24.0 Å². The average Bonchev–Trinajstić information content (AvgIpc) is 3.53. The van der Waals surface area contributed by atoms with Crippen LogP contribution in [-0.2, 0) is 11.3 Å². The van der Waals surface area contributed by atoms with Gasteiger partial charge in [0.05, 0.1) is 22.8 Å². The number of phenols is 1. The van der Waals surface area contributed by atoms with Crippen molar-refractivity contribution < 1.29 is 13.9 Å². The lowest BCUT2D eigenvalue weighted by atomic mass is 10.0. The van der Waals surface area contributed by atoms with Crippen molar-refractivity contribution in [2.75, 3.05) is 10.0 Å². The zero-order valence-corrected chi connectivity index (χ0v) is 22.2. The third-order valence-corrected chi connectivity index (χ3v) is 6.98. The molecule has 6 aromatic rings. The van der Waals surface area contributed by atoms with Gasteiger partial charge in [0.2, 0.25) is 0 Å². The Labute approximate surface area is 229 Å². The van der Waals surface area contributed by atoms with E-state index >= 15 is 0 Å². The zero-order valence-electron chi connectivity index (χ0n) is 21.4. The van der Waals surface area contributed by atoms with E-state index < -0.39 is 17.3 Å². The van der Waals surface area contributed by atoms with E-state index in [1.165, 1.54) is 18.5 Å². The maximum atomic E-state index is 13.7. The molecule has 0 amide bonds. The van der Waals surface area contributed by atoms with Gasteiger partial charge in [-0.2, -0.15) is 5.10 Å². The van der Waals surface area contributed by atoms with Gasteiger partial charge >= 0.3 is 0 Å². The standard InChI is InChI=1S/C27H24N8O4S/c1-15-8-9-34-23(15)27(37)35(19-6-4-3-5-7-19)26(32-34)16(2)31-25-22-21(13-28-24(22)29-14-30-25)17-10-18(33-40(38)39)12-20(36)11-17/h3-14,16,33,36H,1-2H3,(H,38,39)(H2,28,29,30,31)/t16-/m0/s1. The molecule has 0 radical (unpaired) electrons. The van der Waals surface area contributed by atoms with Gasteiger partial charge in [-0.05, 0) is 55.3 Å². The highest BCUT2D eigenvalue weighted by Crippen LogP contribution is 2.36. The lowest BCUT2D eigenvalue weighted by molar-refractivity contribution is 0.476. The summed E-state index contributed by atoms with van der Waals surface area (Å²) >= 11 is -2.31. The molecular formula is C27H24N8O4S. The number of nitrogens with one attached hydrogen (secondary N) is 3. The van der Waals surface area contributed by atoms with Crippen molar-refractivity contribution in [1.82, 2.24) is 29.1 Å². The number of benzene rings is 2. The number of aromatic nitrogens is 6. The minimum Gasteiger partial charge on any atom is -0.508 e. The Bertz CT molecular complexity index is 1970. The zero-order chi connectivity index (χ0) is 28.0. The van der Waals surface area contributed by atoms with Crippen molar-refractivity contribution in [1.29, 1.82) is 0 Å². The summed E-state index contributed by atoms with van der Waals surface area (Å²) in [4.78, 5) is 25.6. The Balaban J connectivity index is 1.48. The minimum absolute atomic E-state index is 0.0917. The molecule has 4 aromatic heterocycles. The van der Waals surface area contributed by atoms with Crippen LogP contribution in [0.5, 0.6) is 5.75 Å². The van der Waals surface area contributed by atoms with Crippen LogP contribution in [0.3, 0.4) is 0 Å². The number of phenolic OH excluding ortho intramolecular Hbond substituents is 1. The summed E-state index contributed by atoms with van der Waals surface area (Å²) < 4.78 is 26.1. The molecule has 5 N–H and O–H groups in total. The van der Waals surface area contributed by atoms with E-state index in [9.17, 15) is 18.7 Å². The molecule has 2 atom stereocenters. The minimum atomic E-state index is -2.31. The summed E-state index contributed by atoms with van der Waals surface area (Å²) in [5, 5.41) is 19.1. The number of aryl methyl sites for hydroxylation is 1. The second-order valence-corrected chi connectivity index (χ2v) is 9.96. The molecule has 0 aliphatic carbocycles. The molecule has 0 aliphatic heterocycles. The highest BCUT2D eigenvalue weighted by molar-refractivity contribution is 7.80. The van der Waals surface area contributed by atoms with Gasteiger partial charge in [0.15, 0.2) is 5.82 Å². The van der Waals surface area contributed by atoms with Crippen LogP contribution >= 0.6 is 0 Å². The molecule has 12 nitrogen and oxygen atoms in total. The monoisotopic (exact) mass is 556 g/mol. The Kier molecular flexibility index (Phi) is 6.28. The van der Waals surface area contributed by atoms with Crippen LogP contribution in [0.15, 0.2) is 78.1 Å². The summed E-state index contributed by atoms with van der Waals surface area (Å²) in [6, 6.07) is 15.2. The summed E-state index contributed by atoms with van der Waals surface area (Å²) in [7, 11) is 0. The van der Waals surface area contributed by atoms with Crippen LogP contribution in [-0.4, -0.2) is 43.0 Å². The Morgan fingerprint density at radius 3 is 2.67 bits per heavy atom. The van der Waals surface area contributed by atoms with Crippen molar-refractivity contribution in [3.8, 4) is 22.6 Å². The quantitative estimate of drug-likeness (QED) is 0.183. The highest BCUT2D eigenvalue weighted by atomic mass is 32.2. The van der Waals surface area contributed by atoms with Gasteiger partial charge in [-0.25, -0.2) is 18.7 Å². The smallest absolute Gasteiger partial charge is 0.282 e. The molecule has 0 saturated heterocycles. The Morgan fingerprint density at radius 2 is 1.90 bits per heavy atom. The number of nitrogens with zero attached hydrogens (tertiary/aromatic N) is 5. The number of hydrogen-bond donors (Lipinski definition) is 5. The second-order valence-electron chi connectivity index (χ2n) is 9.26. The number of H-pyrrole nitrogens is 1. The summed E-state index contributed by atoms with van der Waals surface area (Å²) in [5.74, 6) is 0.846. The van der Waals surface area contributed by atoms with E-state index in [1.807, 2.05) is 50.2 Å². The van der Waals surface area contributed by atoms with Crippen LogP contribution in [0.25, 0.3) is 33.4 Å². The van der Waals surface area contributed by atoms with Crippen molar-refractivity contribution in [2.45, 2.75) is 19.9 Å². The van der Waals surface area contributed by atoms with Gasteiger partial charge in [-0.15, -0.1) is 0 Å². The third-order valence-electron chi connectivity index (χ3n) is 6.57. The second kappa shape index (κ2) is 9.94. The largest absolute Gasteiger partial charge is 0.508 e. The summed E-state index contributed by atoms with van der Waals surface area (Å²) in [6.07, 6.45) is 4.90. The van der Waals surface area contributed by atoms with Gasteiger partial charge in [-0.1, -0.05) is 18.2 Å². The number of anilines is 2. The molecule has 202 valence electrons. The van der Waals surface area contributed by atoms with Crippen LogP contribution in [0.1, 0.15) is 24.4 Å². The number of fused-ring (bicyclic) bond motifs is 2. The molecule has 0 spiro atoms. The van der Waals surface area contributed by atoms with Gasteiger partial charge < -0.3 is 15.4 Å². The van der Waals surface area contributed by atoms with Crippen LogP contribution < -0.4 is 15.6 Å². The van der Waals surface area contributed by atoms with Crippen molar-refractivity contribution in [3.05, 3.63) is 95.1 Å².